The zero-order valence-corrected chi connectivity index (χ0v) is 28.6. The van der Waals surface area contributed by atoms with E-state index in [0.717, 1.165) is 52.4 Å². The third-order valence-corrected chi connectivity index (χ3v) is 9.68. The lowest BCUT2D eigenvalue weighted by Crippen LogP contribution is -2.39. The van der Waals surface area contributed by atoms with E-state index in [1.54, 1.807) is 53.8 Å². The summed E-state index contributed by atoms with van der Waals surface area (Å²) in [6.07, 6.45) is 5.66. The van der Waals surface area contributed by atoms with Gasteiger partial charge in [-0.3, -0.25) is 43.8 Å². The number of pyridine rings is 3. The maximum atomic E-state index is 12.9. The zero-order chi connectivity index (χ0) is 36.1. The summed E-state index contributed by atoms with van der Waals surface area (Å²) < 4.78 is 9.14. The molecule has 52 heavy (non-hydrogen) atoms. The van der Waals surface area contributed by atoms with Crippen molar-refractivity contribution in [2.24, 2.45) is 14.1 Å². The molecule has 14 heteroatoms. The number of likely N-dealkylation sites (N-methyl/N-ethyl adjacent to an activating group) is 1. The van der Waals surface area contributed by atoms with Gasteiger partial charge >= 0.3 is 5.69 Å². The molecule has 6 aromatic rings. The maximum absolute atomic E-state index is 12.9. The molecule has 1 saturated heterocycles. The van der Waals surface area contributed by atoms with Crippen molar-refractivity contribution >= 4 is 56.8 Å². The molecule has 0 aliphatic carbocycles. The fourth-order valence-electron chi connectivity index (χ4n) is 6.83. The molecule has 14 nitrogen and oxygen atoms in total. The molecule has 1 fully saturated rings. The predicted octanol–water partition coefficient (Wildman–Crippen LogP) is 3.36. The third kappa shape index (κ3) is 5.71. The Morgan fingerprint density at radius 2 is 1.79 bits per heavy atom. The minimum atomic E-state index is -0.548. The number of piperidine rings is 1. The fraction of sp³-hybridized carbons (Fsp3) is 0.237. The van der Waals surface area contributed by atoms with E-state index in [4.69, 9.17) is 9.40 Å². The number of rotatable bonds is 5. The molecule has 0 bridgehead atoms. The molecule has 1 unspecified atom stereocenters. The van der Waals surface area contributed by atoms with Crippen LogP contribution in [0.5, 0.6) is 0 Å². The smallest absolute Gasteiger partial charge is 0.328 e. The zero-order valence-electron chi connectivity index (χ0n) is 28.6. The average Bonchev–Trinajstić information content (AvgIpc) is 3.67. The number of furan rings is 1. The Morgan fingerprint density at radius 1 is 0.942 bits per heavy atom. The highest BCUT2D eigenvalue weighted by Gasteiger charge is 2.31. The minimum Gasteiger partial charge on any atom is -0.448 e. The standard InChI is InChI=1S/C38H33N9O5/c1-44-15-16-47(23-7-10-29-31(17-23)46(3)38(51)45(29)2)32-21-42-28(19-30(32)44)22-6-9-27(41-20-22)37(50)40-13-4-5-24-18-26-33(52-24)12-14-39-35(26)25-8-11-34(48)43-36(25)49/h6-7,9-10,12,14,17-21,25H,8,11,13,15-16H2,1-3H3,(H,40,50)(H,43,48,49). The van der Waals surface area contributed by atoms with Crippen LogP contribution in [0.3, 0.4) is 0 Å². The van der Waals surface area contributed by atoms with Gasteiger partial charge < -0.3 is 19.5 Å². The van der Waals surface area contributed by atoms with Crippen molar-refractivity contribution in [1.82, 2.24) is 34.7 Å². The highest BCUT2D eigenvalue weighted by Crippen LogP contribution is 2.39. The second kappa shape index (κ2) is 12.9. The highest BCUT2D eigenvalue weighted by molar-refractivity contribution is 6.02. The number of imidazole rings is 1. The van der Waals surface area contributed by atoms with Gasteiger partial charge in [-0.05, 0) is 54.8 Å². The van der Waals surface area contributed by atoms with Gasteiger partial charge in [0.15, 0.2) is 5.76 Å². The molecule has 260 valence electrons. The quantitative estimate of drug-likeness (QED) is 0.202. The average molecular weight is 696 g/mol. The summed E-state index contributed by atoms with van der Waals surface area (Å²) in [5.74, 6) is 4.58. The van der Waals surface area contributed by atoms with Gasteiger partial charge in [-0.2, -0.15) is 0 Å². The number of amides is 3. The van der Waals surface area contributed by atoms with Gasteiger partial charge in [0.25, 0.3) is 5.91 Å². The Labute approximate surface area is 297 Å². The number of hydrogen-bond donors (Lipinski definition) is 2. The number of benzene rings is 1. The molecular weight excluding hydrogens is 662 g/mol. The Morgan fingerprint density at radius 3 is 2.60 bits per heavy atom. The van der Waals surface area contributed by atoms with Crippen LogP contribution in [0.15, 0.2) is 76.3 Å². The molecule has 2 aliphatic rings. The first-order valence-corrected chi connectivity index (χ1v) is 16.8. The normalized spacial score (nSPS) is 15.7. The van der Waals surface area contributed by atoms with Crippen LogP contribution in [0.25, 0.3) is 33.3 Å². The number of carbonyl (C=O) groups excluding carboxylic acids is 3. The summed E-state index contributed by atoms with van der Waals surface area (Å²) >= 11 is 0. The number of nitrogens with one attached hydrogen (secondary N) is 2. The molecule has 7 heterocycles. The summed E-state index contributed by atoms with van der Waals surface area (Å²) in [5, 5.41) is 5.78. The van der Waals surface area contributed by atoms with Crippen LogP contribution in [0.1, 0.15) is 40.7 Å². The van der Waals surface area contributed by atoms with E-state index in [2.05, 4.69) is 42.2 Å². The second-order valence-corrected chi connectivity index (χ2v) is 12.8. The highest BCUT2D eigenvalue weighted by atomic mass is 16.3. The molecule has 2 aliphatic heterocycles. The molecule has 8 rings (SSSR count). The SMILES string of the molecule is CN1CCN(c2ccc3c(c2)n(C)c(=O)n3C)c2cnc(-c3ccc(C(=O)NCC#Cc4cc5c(C6CCC(=O)NC6=O)nccc5o4)nc3)cc21. The van der Waals surface area contributed by atoms with Crippen LogP contribution in [0.2, 0.25) is 0 Å². The van der Waals surface area contributed by atoms with Crippen molar-refractivity contribution < 1.29 is 18.8 Å². The van der Waals surface area contributed by atoms with Crippen LogP contribution in [-0.2, 0) is 23.7 Å². The van der Waals surface area contributed by atoms with E-state index in [9.17, 15) is 19.2 Å². The molecule has 0 saturated carbocycles. The summed E-state index contributed by atoms with van der Waals surface area (Å²) in [6.45, 7) is 1.60. The number of imide groups is 1. The molecule has 0 spiro atoms. The van der Waals surface area contributed by atoms with Crippen molar-refractivity contribution in [2.45, 2.75) is 18.8 Å². The van der Waals surface area contributed by atoms with Gasteiger partial charge in [-0.15, -0.1) is 0 Å². The van der Waals surface area contributed by atoms with Gasteiger partial charge in [0.1, 0.15) is 11.3 Å². The Hall–Kier alpha value is -6.75. The minimum absolute atomic E-state index is 0.0558. The lowest BCUT2D eigenvalue weighted by atomic mass is 9.92. The molecule has 5 aromatic heterocycles. The first kappa shape index (κ1) is 32.5. The Balaban J connectivity index is 0.940. The molecule has 2 N–H and O–H groups in total. The lowest BCUT2D eigenvalue weighted by molar-refractivity contribution is -0.134. The first-order chi connectivity index (χ1) is 25.2. The monoisotopic (exact) mass is 695 g/mol. The second-order valence-electron chi connectivity index (χ2n) is 12.8. The molecular formula is C38H33N9O5. The van der Waals surface area contributed by atoms with E-state index in [-0.39, 0.29) is 42.1 Å². The van der Waals surface area contributed by atoms with Crippen molar-refractivity contribution in [3.8, 4) is 23.1 Å². The number of aromatic nitrogens is 5. The molecule has 1 aromatic carbocycles. The summed E-state index contributed by atoms with van der Waals surface area (Å²) in [6, 6.07) is 14.9. The number of aryl methyl sites for hydroxylation is 2. The van der Waals surface area contributed by atoms with Crippen molar-refractivity contribution in [1.29, 1.82) is 0 Å². The van der Waals surface area contributed by atoms with Gasteiger partial charge in [0, 0.05) is 75.8 Å². The number of hydrogen-bond acceptors (Lipinski definition) is 10. The number of carbonyl (C=O) groups is 3. The van der Waals surface area contributed by atoms with E-state index < -0.39 is 5.92 Å². The largest absolute Gasteiger partial charge is 0.448 e. The number of anilines is 3. The Bertz CT molecular complexity index is 2560. The third-order valence-electron chi connectivity index (χ3n) is 9.68. The predicted molar refractivity (Wildman–Crippen MR) is 194 cm³/mol. The topological polar surface area (TPSA) is 160 Å². The summed E-state index contributed by atoms with van der Waals surface area (Å²) in [5.41, 5.74) is 7.41. The summed E-state index contributed by atoms with van der Waals surface area (Å²) in [7, 11) is 5.60. The van der Waals surface area contributed by atoms with Crippen molar-refractivity contribution in [2.75, 3.05) is 36.5 Å². The molecule has 0 radical (unpaired) electrons. The van der Waals surface area contributed by atoms with E-state index in [1.807, 2.05) is 43.6 Å². The maximum Gasteiger partial charge on any atom is 0.328 e. The van der Waals surface area contributed by atoms with Crippen LogP contribution in [0, 0.1) is 11.8 Å². The van der Waals surface area contributed by atoms with Crippen LogP contribution >= 0.6 is 0 Å². The number of nitrogens with zero attached hydrogens (tertiary/aromatic N) is 7. The lowest BCUT2D eigenvalue weighted by Gasteiger charge is -2.37. The fourth-order valence-corrected chi connectivity index (χ4v) is 6.83. The van der Waals surface area contributed by atoms with Gasteiger partial charge in [-0.1, -0.05) is 5.92 Å². The number of fused-ring (bicyclic) bond motifs is 3. The van der Waals surface area contributed by atoms with Crippen molar-refractivity contribution in [3.63, 3.8) is 0 Å². The summed E-state index contributed by atoms with van der Waals surface area (Å²) in [4.78, 5) is 67.3. The van der Waals surface area contributed by atoms with Gasteiger partial charge in [0.2, 0.25) is 11.8 Å². The van der Waals surface area contributed by atoms with E-state index in [0.29, 0.717) is 28.8 Å². The van der Waals surface area contributed by atoms with Crippen LogP contribution in [-0.4, -0.2) is 68.5 Å². The van der Waals surface area contributed by atoms with E-state index in [1.165, 1.54) is 0 Å². The first-order valence-electron chi connectivity index (χ1n) is 16.8. The Kier molecular flexibility index (Phi) is 8.02. The van der Waals surface area contributed by atoms with Crippen molar-refractivity contribution in [3.05, 3.63) is 94.8 Å². The molecule has 3 amide bonds. The van der Waals surface area contributed by atoms with Crippen LogP contribution in [0.4, 0.5) is 17.1 Å². The van der Waals surface area contributed by atoms with Gasteiger partial charge in [0.05, 0.1) is 52.5 Å². The molecule has 1 atom stereocenters. The van der Waals surface area contributed by atoms with Gasteiger partial charge in [-0.25, -0.2) is 4.79 Å². The van der Waals surface area contributed by atoms with Crippen LogP contribution < -0.4 is 26.1 Å². The van der Waals surface area contributed by atoms with E-state index >= 15 is 0 Å².